The smallest absolute Gasteiger partial charge is 0.319 e. The Morgan fingerprint density at radius 1 is 1.11 bits per heavy atom. The predicted octanol–water partition coefficient (Wildman–Crippen LogP) is 3.34. The highest BCUT2D eigenvalue weighted by Crippen LogP contribution is 2.32. The van der Waals surface area contributed by atoms with E-state index >= 15 is 0 Å². The van der Waals surface area contributed by atoms with Gasteiger partial charge >= 0.3 is 6.03 Å². The van der Waals surface area contributed by atoms with Crippen molar-refractivity contribution in [2.45, 2.75) is 25.4 Å². The molecule has 2 aliphatic heterocycles. The van der Waals surface area contributed by atoms with Crippen molar-refractivity contribution in [1.29, 1.82) is 0 Å². The largest absolute Gasteiger partial charge is 0.491 e. The summed E-state index contributed by atoms with van der Waals surface area (Å²) in [4.78, 5) is 12.1. The van der Waals surface area contributed by atoms with Gasteiger partial charge in [-0.1, -0.05) is 6.07 Å². The summed E-state index contributed by atoms with van der Waals surface area (Å²) in [5.74, 6) is 2.28. The number of nitrogens with one attached hydrogen (secondary N) is 2. The highest BCUT2D eigenvalue weighted by Gasteiger charge is 2.16. The molecule has 7 heteroatoms. The zero-order chi connectivity index (χ0) is 19.2. The highest BCUT2D eigenvalue weighted by molar-refractivity contribution is 5.89. The number of anilines is 1. The summed E-state index contributed by atoms with van der Waals surface area (Å²) in [5.41, 5.74) is 1.79. The molecule has 7 nitrogen and oxygen atoms in total. The number of carbonyl (C=O) groups excluding carboxylic acids is 1. The van der Waals surface area contributed by atoms with Gasteiger partial charge in [0.25, 0.3) is 0 Å². The van der Waals surface area contributed by atoms with Crippen LogP contribution in [0.5, 0.6) is 17.2 Å². The lowest BCUT2D eigenvalue weighted by molar-refractivity contribution is 0.0679. The highest BCUT2D eigenvalue weighted by atomic mass is 16.7. The van der Waals surface area contributed by atoms with Gasteiger partial charge in [0, 0.05) is 18.8 Å². The van der Waals surface area contributed by atoms with Gasteiger partial charge < -0.3 is 29.6 Å². The molecule has 0 unspecified atom stereocenters. The monoisotopic (exact) mass is 384 g/mol. The molecule has 2 amide bonds. The van der Waals surface area contributed by atoms with E-state index in [1.165, 1.54) is 0 Å². The van der Waals surface area contributed by atoms with E-state index in [0.29, 0.717) is 25.3 Å². The number of ether oxygens (including phenoxy) is 4. The average Bonchev–Trinajstić information content (AvgIpc) is 3.39. The summed E-state index contributed by atoms with van der Waals surface area (Å²) in [6, 6.07) is 12.9. The quantitative estimate of drug-likeness (QED) is 0.766. The first-order chi connectivity index (χ1) is 13.8. The van der Waals surface area contributed by atoms with Crippen molar-refractivity contribution in [3.8, 4) is 17.2 Å². The van der Waals surface area contributed by atoms with E-state index in [4.69, 9.17) is 18.9 Å². The first-order valence-corrected chi connectivity index (χ1v) is 9.54. The van der Waals surface area contributed by atoms with Gasteiger partial charge in [-0.15, -0.1) is 0 Å². The predicted molar refractivity (Wildman–Crippen MR) is 104 cm³/mol. The van der Waals surface area contributed by atoms with E-state index in [1.54, 1.807) is 0 Å². The first-order valence-electron chi connectivity index (χ1n) is 9.54. The fourth-order valence-corrected chi connectivity index (χ4v) is 3.19. The molecule has 0 bridgehead atoms. The molecule has 148 valence electrons. The Labute approximate surface area is 163 Å². The number of urea groups is 1. The second kappa shape index (κ2) is 8.84. The number of carbonyl (C=O) groups is 1. The van der Waals surface area contributed by atoms with Crippen LogP contribution in [0.3, 0.4) is 0 Å². The average molecular weight is 384 g/mol. The molecule has 2 aromatic rings. The molecular weight excluding hydrogens is 360 g/mol. The topological polar surface area (TPSA) is 78.1 Å². The normalized spacial score (nSPS) is 17.4. The second-order valence-corrected chi connectivity index (χ2v) is 6.79. The first kappa shape index (κ1) is 18.4. The summed E-state index contributed by atoms with van der Waals surface area (Å²) in [7, 11) is 0. The minimum absolute atomic E-state index is 0.188. The number of hydrogen-bond donors (Lipinski definition) is 2. The van der Waals surface area contributed by atoms with Gasteiger partial charge in [0.05, 0.1) is 6.10 Å². The Morgan fingerprint density at radius 3 is 2.79 bits per heavy atom. The molecule has 1 atom stereocenters. The fourth-order valence-electron chi connectivity index (χ4n) is 3.19. The molecule has 0 spiro atoms. The fraction of sp³-hybridized carbons (Fsp3) is 0.381. The maximum atomic E-state index is 12.1. The van der Waals surface area contributed by atoms with Crippen molar-refractivity contribution in [2.75, 3.05) is 31.9 Å². The van der Waals surface area contributed by atoms with E-state index in [1.807, 2.05) is 42.5 Å². The van der Waals surface area contributed by atoms with Crippen LogP contribution in [-0.4, -0.2) is 38.7 Å². The lowest BCUT2D eigenvalue weighted by Gasteiger charge is -2.12. The number of rotatable bonds is 7. The third kappa shape index (κ3) is 4.86. The summed E-state index contributed by atoms with van der Waals surface area (Å²) < 4.78 is 21.9. The molecule has 2 N–H and O–H groups in total. The van der Waals surface area contributed by atoms with Crippen LogP contribution in [0.15, 0.2) is 42.5 Å². The number of benzene rings is 2. The Hall–Kier alpha value is -2.93. The number of hydrogen-bond acceptors (Lipinski definition) is 5. The van der Waals surface area contributed by atoms with Gasteiger partial charge in [0.15, 0.2) is 11.5 Å². The standard InChI is InChI=1S/C21H24N2O5/c24-21(22-10-9-15-3-8-19-20(12-15)28-14-27-19)23-16-4-6-17(7-5-16)26-13-18-2-1-11-25-18/h3-8,12,18H,1-2,9-11,13-14H2,(H2,22,23,24)/t18-/m1/s1. The van der Waals surface area contributed by atoms with Crippen molar-refractivity contribution in [3.63, 3.8) is 0 Å². The molecule has 0 aromatic heterocycles. The van der Waals surface area contributed by atoms with Crippen LogP contribution in [-0.2, 0) is 11.2 Å². The maximum Gasteiger partial charge on any atom is 0.319 e. The van der Waals surface area contributed by atoms with Crippen molar-refractivity contribution in [2.24, 2.45) is 0 Å². The Morgan fingerprint density at radius 2 is 1.96 bits per heavy atom. The molecule has 28 heavy (non-hydrogen) atoms. The third-order valence-electron chi connectivity index (χ3n) is 4.71. The molecule has 2 aromatic carbocycles. The maximum absolute atomic E-state index is 12.1. The number of fused-ring (bicyclic) bond motifs is 1. The second-order valence-electron chi connectivity index (χ2n) is 6.79. The lowest BCUT2D eigenvalue weighted by atomic mass is 10.1. The molecule has 2 aliphatic rings. The van der Waals surface area contributed by atoms with Crippen LogP contribution >= 0.6 is 0 Å². The zero-order valence-corrected chi connectivity index (χ0v) is 15.6. The van der Waals surface area contributed by atoms with Crippen molar-refractivity contribution in [3.05, 3.63) is 48.0 Å². The Balaban J connectivity index is 1.18. The Bertz CT molecular complexity index is 803. The van der Waals surface area contributed by atoms with Crippen molar-refractivity contribution in [1.82, 2.24) is 5.32 Å². The summed E-state index contributed by atoms with van der Waals surface area (Å²) in [5, 5.41) is 5.67. The van der Waals surface area contributed by atoms with Crippen LogP contribution in [0.25, 0.3) is 0 Å². The molecule has 0 radical (unpaired) electrons. The van der Waals surface area contributed by atoms with Gasteiger partial charge in [-0.3, -0.25) is 0 Å². The van der Waals surface area contributed by atoms with Crippen molar-refractivity contribution >= 4 is 11.7 Å². The van der Waals surface area contributed by atoms with Crippen LogP contribution in [0.4, 0.5) is 10.5 Å². The van der Waals surface area contributed by atoms with Crippen LogP contribution in [0, 0.1) is 0 Å². The molecule has 2 heterocycles. The molecule has 0 saturated carbocycles. The lowest BCUT2D eigenvalue weighted by Crippen LogP contribution is -2.30. The van der Waals surface area contributed by atoms with Crippen LogP contribution in [0.1, 0.15) is 18.4 Å². The molecule has 4 rings (SSSR count). The van der Waals surface area contributed by atoms with E-state index in [9.17, 15) is 4.79 Å². The minimum atomic E-state index is -0.242. The van der Waals surface area contributed by atoms with Gasteiger partial charge in [0.1, 0.15) is 12.4 Å². The van der Waals surface area contributed by atoms with E-state index in [2.05, 4.69) is 10.6 Å². The number of amides is 2. The van der Waals surface area contributed by atoms with Gasteiger partial charge in [-0.05, 0) is 61.2 Å². The molecular formula is C21H24N2O5. The van der Waals surface area contributed by atoms with Gasteiger partial charge in [-0.25, -0.2) is 4.79 Å². The third-order valence-corrected chi connectivity index (χ3v) is 4.71. The minimum Gasteiger partial charge on any atom is -0.491 e. The van der Waals surface area contributed by atoms with Gasteiger partial charge in [0.2, 0.25) is 6.79 Å². The molecule has 1 saturated heterocycles. The van der Waals surface area contributed by atoms with E-state index in [-0.39, 0.29) is 18.9 Å². The summed E-state index contributed by atoms with van der Waals surface area (Å²) in [6.45, 7) is 2.17. The summed E-state index contributed by atoms with van der Waals surface area (Å²) >= 11 is 0. The van der Waals surface area contributed by atoms with E-state index in [0.717, 1.165) is 42.3 Å². The zero-order valence-electron chi connectivity index (χ0n) is 15.6. The molecule has 1 fully saturated rings. The summed E-state index contributed by atoms with van der Waals surface area (Å²) in [6.07, 6.45) is 3.04. The van der Waals surface area contributed by atoms with E-state index < -0.39 is 0 Å². The Kier molecular flexibility index (Phi) is 5.82. The van der Waals surface area contributed by atoms with Gasteiger partial charge in [-0.2, -0.15) is 0 Å². The van der Waals surface area contributed by atoms with Crippen molar-refractivity contribution < 1.29 is 23.7 Å². The molecule has 0 aliphatic carbocycles. The SMILES string of the molecule is O=C(NCCc1ccc2c(c1)OCO2)Nc1ccc(OC[C@H]2CCCO2)cc1. The van der Waals surface area contributed by atoms with Crippen LogP contribution < -0.4 is 24.8 Å². The van der Waals surface area contributed by atoms with Crippen LogP contribution in [0.2, 0.25) is 0 Å².